The first-order valence-electron chi connectivity index (χ1n) is 9.85. The smallest absolute Gasteiger partial charge is 0.191 e. The molecule has 2 aliphatic rings. The van der Waals surface area contributed by atoms with E-state index in [9.17, 15) is 0 Å². The second-order valence-electron chi connectivity index (χ2n) is 7.03. The van der Waals surface area contributed by atoms with Gasteiger partial charge in [-0.05, 0) is 38.4 Å². The van der Waals surface area contributed by atoms with E-state index in [1.54, 1.807) is 11.8 Å². The molecular weight excluding hydrogens is 475 g/mol. The summed E-state index contributed by atoms with van der Waals surface area (Å²) in [7, 11) is 1.81. The quantitative estimate of drug-likeness (QED) is 0.185. The third-order valence-corrected chi connectivity index (χ3v) is 5.87. The number of aryl methyl sites for hydroxylation is 1. The molecule has 0 amide bonds. The van der Waals surface area contributed by atoms with Gasteiger partial charge in [0.2, 0.25) is 0 Å². The molecule has 0 aromatic carbocycles. The summed E-state index contributed by atoms with van der Waals surface area (Å²) in [5, 5.41) is 16.7. The fourth-order valence-corrected chi connectivity index (χ4v) is 4.41. The van der Waals surface area contributed by atoms with Crippen LogP contribution in [0.4, 0.5) is 0 Å². The highest BCUT2D eigenvalue weighted by atomic mass is 127. The molecule has 27 heavy (non-hydrogen) atoms. The summed E-state index contributed by atoms with van der Waals surface area (Å²) in [5.74, 6) is 1.98. The highest BCUT2D eigenvalue weighted by Gasteiger charge is 2.23. The molecule has 7 nitrogen and oxygen atoms in total. The van der Waals surface area contributed by atoms with Crippen LogP contribution in [-0.2, 0) is 11.2 Å². The van der Waals surface area contributed by atoms with Gasteiger partial charge in [-0.2, -0.15) is 0 Å². The third kappa shape index (κ3) is 6.49. The Balaban J connectivity index is 0.00000261. The molecule has 0 radical (unpaired) electrons. The van der Waals surface area contributed by atoms with E-state index in [1.165, 1.54) is 25.7 Å². The van der Waals surface area contributed by atoms with Crippen LogP contribution in [0.3, 0.4) is 0 Å². The minimum Gasteiger partial charge on any atom is -0.376 e. The molecule has 1 atom stereocenters. The Hall–Kier alpha value is -0.550. The van der Waals surface area contributed by atoms with E-state index in [2.05, 4.69) is 36.6 Å². The molecule has 2 heterocycles. The molecule has 1 aliphatic carbocycles. The van der Waals surface area contributed by atoms with Crippen molar-refractivity contribution in [1.29, 1.82) is 0 Å². The van der Waals surface area contributed by atoms with Crippen LogP contribution in [0.1, 0.15) is 56.8 Å². The Morgan fingerprint density at radius 1 is 1.22 bits per heavy atom. The van der Waals surface area contributed by atoms with Crippen LogP contribution in [-0.4, -0.2) is 59.8 Å². The van der Waals surface area contributed by atoms with Gasteiger partial charge in [-0.3, -0.25) is 4.99 Å². The first-order chi connectivity index (χ1) is 12.8. The minimum atomic E-state index is 0. The van der Waals surface area contributed by atoms with Gasteiger partial charge in [0.25, 0.3) is 0 Å². The predicted octanol–water partition coefficient (Wildman–Crippen LogP) is 3.01. The van der Waals surface area contributed by atoms with Crippen LogP contribution in [0, 0.1) is 0 Å². The van der Waals surface area contributed by atoms with Crippen LogP contribution >= 0.6 is 35.7 Å². The first kappa shape index (κ1) is 22.7. The number of rotatable bonds is 8. The van der Waals surface area contributed by atoms with E-state index in [4.69, 9.17) is 4.74 Å². The zero-order chi connectivity index (χ0) is 18.2. The number of nitrogens with zero attached hydrogens (tertiary/aromatic N) is 4. The summed E-state index contributed by atoms with van der Waals surface area (Å²) in [6, 6.07) is 0.594. The van der Waals surface area contributed by atoms with Gasteiger partial charge >= 0.3 is 0 Å². The molecule has 0 bridgehead atoms. The number of ether oxygens (including phenoxy) is 1. The minimum absolute atomic E-state index is 0. The summed E-state index contributed by atoms with van der Waals surface area (Å²) < 4.78 is 8.03. The van der Waals surface area contributed by atoms with Gasteiger partial charge < -0.3 is 19.9 Å². The zero-order valence-corrected chi connectivity index (χ0v) is 19.6. The zero-order valence-electron chi connectivity index (χ0n) is 16.4. The number of hydrogen-bond acceptors (Lipinski definition) is 5. The second-order valence-corrected chi connectivity index (χ2v) is 7.80. The lowest BCUT2D eigenvalue weighted by molar-refractivity contribution is 0.114. The van der Waals surface area contributed by atoms with Crippen molar-refractivity contribution < 1.29 is 4.74 Å². The normalized spacial score (nSPS) is 20.7. The molecule has 3 rings (SSSR count). The average Bonchev–Trinajstić information content (AvgIpc) is 3.41. The average molecular weight is 508 g/mol. The van der Waals surface area contributed by atoms with Crippen LogP contribution < -0.4 is 10.6 Å². The van der Waals surface area contributed by atoms with Crippen molar-refractivity contribution in [2.75, 3.05) is 33.0 Å². The lowest BCUT2D eigenvalue weighted by Crippen LogP contribution is -2.41. The number of nitrogens with one attached hydrogen (secondary N) is 2. The molecule has 1 aliphatic heterocycles. The summed E-state index contributed by atoms with van der Waals surface area (Å²) >= 11 is 1.70. The summed E-state index contributed by atoms with van der Waals surface area (Å²) in [6.45, 7) is 2.59. The number of thioether (sulfide) groups is 1. The molecule has 154 valence electrons. The largest absolute Gasteiger partial charge is 0.376 e. The maximum Gasteiger partial charge on any atom is 0.191 e. The van der Waals surface area contributed by atoms with E-state index < -0.39 is 0 Å². The maximum absolute atomic E-state index is 5.64. The number of aliphatic imine (C=N–C) groups is 1. The second kappa shape index (κ2) is 12.1. The van der Waals surface area contributed by atoms with Gasteiger partial charge in [0.05, 0.1) is 6.10 Å². The van der Waals surface area contributed by atoms with Crippen LogP contribution in [0.2, 0.25) is 0 Å². The molecule has 2 fully saturated rings. The number of halogens is 1. The van der Waals surface area contributed by atoms with Crippen LogP contribution in [0.25, 0.3) is 0 Å². The van der Waals surface area contributed by atoms with Crippen molar-refractivity contribution in [3.63, 3.8) is 0 Å². The van der Waals surface area contributed by atoms with Gasteiger partial charge in [-0.25, -0.2) is 0 Å². The number of hydrogen-bond donors (Lipinski definition) is 2. The van der Waals surface area contributed by atoms with Crippen molar-refractivity contribution in [3.8, 4) is 0 Å². The molecular formula is C18H33IN6OS. The SMILES string of the molecule is CN=C(NCCCc1nnc(SC)n1C1CCCC1)NCC1CCCO1.I. The molecule has 9 heteroatoms. The van der Waals surface area contributed by atoms with Crippen molar-refractivity contribution in [2.24, 2.45) is 4.99 Å². The standard InChI is InChI=1S/C18H32N6OS.HI/c1-19-17(21-13-15-9-6-12-25-15)20-11-5-10-16-22-23-18(26-2)24(16)14-7-3-4-8-14;/h14-15H,3-13H2,1-2H3,(H2,19,20,21);1H. The molecule has 1 aromatic heterocycles. The molecule has 1 saturated heterocycles. The lowest BCUT2D eigenvalue weighted by atomic mass is 10.2. The van der Waals surface area contributed by atoms with Crippen LogP contribution in [0.5, 0.6) is 0 Å². The lowest BCUT2D eigenvalue weighted by Gasteiger charge is -2.17. The summed E-state index contributed by atoms with van der Waals surface area (Å²) in [4.78, 5) is 4.29. The molecule has 0 spiro atoms. The van der Waals surface area contributed by atoms with E-state index in [-0.39, 0.29) is 24.0 Å². The molecule has 1 unspecified atom stereocenters. The van der Waals surface area contributed by atoms with Crippen molar-refractivity contribution >= 4 is 41.7 Å². The molecule has 2 N–H and O–H groups in total. The highest BCUT2D eigenvalue weighted by molar-refractivity contribution is 14.0. The van der Waals surface area contributed by atoms with Crippen molar-refractivity contribution in [1.82, 2.24) is 25.4 Å². The van der Waals surface area contributed by atoms with Gasteiger partial charge in [0.15, 0.2) is 11.1 Å². The highest BCUT2D eigenvalue weighted by Crippen LogP contribution is 2.33. The molecule has 1 aromatic rings. The van der Waals surface area contributed by atoms with Crippen molar-refractivity contribution in [3.05, 3.63) is 5.82 Å². The topological polar surface area (TPSA) is 76.4 Å². The maximum atomic E-state index is 5.64. The van der Waals surface area contributed by atoms with E-state index in [1.807, 2.05) is 7.05 Å². The Bertz CT molecular complexity index is 584. The molecule has 1 saturated carbocycles. The van der Waals surface area contributed by atoms with E-state index in [0.29, 0.717) is 12.1 Å². The Morgan fingerprint density at radius 2 is 2.04 bits per heavy atom. The Labute approximate surface area is 183 Å². The fourth-order valence-electron chi connectivity index (χ4n) is 3.84. The van der Waals surface area contributed by atoms with Gasteiger partial charge in [-0.1, -0.05) is 24.6 Å². The Kier molecular flexibility index (Phi) is 10.2. The van der Waals surface area contributed by atoms with Crippen LogP contribution in [0.15, 0.2) is 10.1 Å². The van der Waals surface area contributed by atoms with Gasteiger partial charge in [0.1, 0.15) is 5.82 Å². The van der Waals surface area contributed by atoms with Gasteiger partial charge in [0, 0.05) is 39.2 Å². The number of guanidine groups is 1. The predicted molar refractivity (Wildman–Crippen MR) is 121 cm³/mol. The summed E-state index contributed by atoms with van der Waals surface area (Å²) in [5.41, 5.74) is 0. The third-order valence-electron chi connectivity index (χ3n) is 5.22. The number of aromatic nitrogens is 3. The fraction of sp³-hybridized carbons (Fsp3) is 0.833. The summed E-state index contributed by atoms with van der Waals surface area (Å²) in [6.07, 6.45) is 11.8. The van der Waals surface area contributed by atoms with Gasteiger partial charge in [-0.15, -0.1) is 34.2 Å². The van der Waals surface area contributed by atoms with E-state index in [0.717, 1.165) is 62.3 Å². The van der Waals surface area contributed by atoms with E-state index >= 15 is 0 Å². The monoisotopic (exact) mass is 508 g/mol. The Morgan fingerprint density at radius 3 is 2.70 bits per heavy atom. The van der Waals surface area contributed by atoms with Crippen molar-refractivity contribution in [2.45, 2.75) is 68.7 Å². The first-order valence-corrected chi connectivity index (χ1v) is 11.1.